The number of nitrogens with one attached hydrogen (secondary N) is 1. The second-order valence-corrected chi connectivity index (χ2v) is 6.34. The Morgan fingerprint density at radius 3 is 2.65 bits per heavy atom. The van der Waals surface area contributed by atoms with Crippen molar-refractivity contribution in [3.63, 3.8) is 0 Å². The second-order valence-electron chi connectivity index (χ2n) is 5.27. The van der Waals surface area contributed by atoms with Gasteiger partial charge in [0.2, 0.25) is 0 Å². The van der Waals surface area contributed by atoms with Gasteiger partial charge in [-0.15, -0.1) is 15.3 Å². The topological polar surface area (TPSA) is 75.3 Å². The lowest BCUT2D eigenvalue weighted by atomic mass is 10.2. The fourth-order valence-electron chi connectivity index (χ4n) is 2.40. The molecule has 7 heteroatoms. The van der Waals surface area contributed by atoms with Crippen LogP contribution < -0.4 is 5.32 Å². The van der Waals surface area contributed by atoms with Crippen molar-refractivity contribution in [2.24, 2.45) is 0 Å². The first kappa shape index (κ1) is 15.8. The smallest absolute Gasteiger partial charge is 0.185 e. The van der Waals surface area contributed by atoms with Crippen LogP contribution in [0.1, 0.15) is 6.92 Å². The number of hydrogen-bond donors (Lipinski definition) is 2. The average Bonchev–Trinajstić information content (AvgIpc) is 3.00. The zero-order valence-electron chi connectivity index (χ0n) is 13.0. The third kappa shape index (κ3) is 3.30. The molecule has 2 atom stereocenters. The molecule has 0 amide bonds. The molecule has 2 aromatic heterocycles. The minimum atomic E-state index is 0.0941. The Bertz CT molecular complexity index is 772. The minimum absolute atomic E-state index is 0.0941. The van der Waals surface area contributed by atoms with Crippen molar-refractivity contribution >= 4 is 23.2 Å². The third-order valence-electron chi connectivity index (χ3n) is 3.71. The van der Waals surface area contributed by atoms with Crippen LogP contribution >= 0.6 is 11.8 Å². The van der Waals surface area contributed by atoms with Gasteiger partial charge in [0.1, 0.15) is 5.82 Å². The van der Waals surface area contributed by atoms with Crippen LogP contribution in [0.25, 0.3) is 17.0 Å². The number of hydrogen-bond acceptors (Lipinski definition) is 6. The van der Waals surface area contributed by atoms with Crippen LogP contribution in [-0.4, -0.2) is 49.1 Å². The Balaban J connectivity index is 1.92. The molecule has 0 spiro atoms. The van der Waals surface area contributed by atoms with Gasteiger partial charge < -0.3 is 10.4 Å². The standard InChI is InChI=1S/C16H19N5OS/c1-11(13(10-22)23-2)17-14-8-9-15-18-19-16(21(15)20-14)12-6-4-3-5-7-12/h3-9,11,13,22H,10H2,1-2H3,(H,17,20). The maximum atomic E-state index is 9.40. The molecule has 0 fully saturated rings. The Kier molecular flexibility index (Phi) is 4.78. The Morgan fingerprint density at radius 2 is 1.96 bits per heavy atom. The van der Waals surface area contributed by atoms with Crippen molar-refractivity contribution in [1.29, 1.82) is 0 Å². The van der Waals surface area contributed by atoms with Gasteiger partial charge in [0.05, 0.1) is 6.61 Å². The summed E-state index contributed by atoms with van der Waals surface area (Å²) in [5, 5.41) is 25.8. The van der Waals surface area contributed by atoms with Gasteiger partial charge in [-0.1, -0.05) is 30.3 Å². The van der Waals surface area contributed by atoms with Crippen LogP contribution in [0, 0.1) is 0 Å². The second kappa shape index (κ2) is 6.97. The Morgan fingerprint density at radius 1 is 1.17 bits per heavy atom. The highest BCUT2D eigenvalue weighted by molar-refractivity contribution is 7.99. The van der Waals surface area contributed by atoms with E-state index in [0.717, 1.165) is 11.4 Å². The Hall–Kier alpha value is -2.12. The number of nitrogens with zero attached hydrogens (tertiary/aromatic N) is 4. The molecule has 0 aliphatic carbocycles. The van der Waals surface area contributed by atoms with Crippen LogP contribution in [0.2, 0.25) is 0 Å². The van der Waals surface area contributed by atoms with E-state index >= 15 is 0 Å². The largest absolute Gasteiger partial charge is 0.395 e. The van der Waals surface area contributed by atoms with Crippen LogP contribution in [-0.2, 0) is 0 Å². The molecule has 0 aliphatic rings. The molecular weight excluding hydrogens is 310 g/mol. The first-order valence-corrected chi connectivity index (χ1v) is 8.70. The van der Waals surface area contributed by atoms with Crippen molar-refractivity contribution in [2.75, 3.05) is 18.2 Å². The number of fused-ring (bicyclic) bond motifs is 1. The minimum Gasteiger partial charge on any atom is -0.395 e. The summed E-state index contributed by atoms with van der Waals surface area (Å²) < 4.78 is 1.73. The molecule has 2 heterocycles. The van der Waals surface area contributed by atoms with Crippen molar-refractivity contribution in [1.82, 2.24) is 19.8 Å². The van der Waals surface area contributed by atoms with Crippen LogP contribution in [0.15, 0.2) is 42.5 Å². The number of aliphatic hydroxyl groups excluding tert-OH is 1. The fraction of sp³-hybridized carbons (Fsp3) is 0.312. The van der Waals surface area contributed by atoms with Gasteiger partial charge in [-0.2, -0.15) is 16.3 Å². The summed E-state index contributed by atoms with van der Waals surface area (Å²) in [6, 6.07) is 13.7. The van der Waals surface area contributed by atoms with E-state index in [-0.39, 0.29) is 17.9 Å². The predicted octanol–water partition coefficient (Wildman–Crippen LogP) is 2.32. The van der Waals surface area contributed by atoms with Crippen molar-refractivity contribution < 1.29 is 5.11 Å². The van der Waals surface area contributed by atoms with E-state index in [4.69, 9.17) is 0 Å². The van der Waals surface area contributed by atoms with Gasteiger partial charge in [0.15, 0.2) is 11.5 Å². The number of aliphatic hydroxyl groups is 1. The van der Waals surface area contributed by atoms with E-state index in [2.05, 4.69) is 20.6 Å². The number of anilines is 1. The highest BCUT2D eigenvalue weighted by Crippen LogP contribution is 2.19. The van der Waals surface area contributed by atoms with E-state index in [0.29, 0.717) is 11.5 Å². The monoisotopic (exact) mass is 329 g/mol. The molecule has 3 aromatic rings. The number of benzene rings is 1. The van der Waals surface area contributed by atoms with E-state index in [1.54, 1.807) is 16.3 Å². The molecule has 2 N–H and O–H groups in total. The number of aromatic nitrogens is 4. The van der Waals surface area contributed by atoms with Crippen molar-refractivity contribution in [2.45, 2.75) is 18.2 Å². The molecule has 0 radical (unpaired) electrons. The van der Waals surface area contributed by atoms with Gasteiger partial charge in [0.25, 0.3) is 0 Å². The molecule has 2 unspecified atom stereocenters. The number of thioether (sulfide) groups is 1. The first-order valence-electron chi connectivity index (χ1n) is 7.41. The zero-order chi connectivity index (χ0) is 16.2. The SMILES string of the molecule is CSC(CO)C(C)Nc1ccc2nnc(-c3ccccc3)n2n1. The summed E-state index contributed by atoms with van der Waals surface area (Å²) in [4.78, 5) is 0. The van der Waals surface area contributed by atoms with E-state index in [1.165, 1.54) is 0 Å². The Labute approximate surface area is 138 Å². The van der Waals surface area contributed by atoms with E-state index in [1.807, 2.05) is 55.6 Å². The molecule has 0 bridgehead atoms. The average molecular weight is 329 g/mol. The molecule has 120 valence electrons. The molecule has 23 heavy (non-hydrogen) atoms. The maximum absolute atomic E-state index is 9.40. The highest BCUT2D eigenvalue weighted by atomic mass is 32.2. The summed E-state index contributed by atoms with van der Waals surface area (Å²) in [5.74, 6) is 1.44. The zero-order valence-corrected chi connectivity index (χ0v) is 13.9. The molecule has 0 saturated carbocycles. The summed E-state index contributed by atoms with van der Waals surface area (Å²) >= 11 is 1.63. The quantitative estimate of drug-likeness (QED) is 0.723. The van der Waals surface area contributed by atoms with Gasteiger partial charge in [-0.3, -0.25) is 0 Å². The van der Waals surface area contributed by atoms with Crippen LogP contribution in [0.4, 0.5) is 5.82 Å². The highest BCUT2D eigenvalue weighted by Gasteiger charge is 2.16. The summed E-state index contributed by atoms with van der Waals surface area (Å²) in [6.45, 7) is 2.16. The molecular formula is C16H19N5OS. The normalized spacial score (nSPS) is 13.9. The summed E-state index contributed by atoms with van der Waals surface area (Å²) in [5.41, 5.74) is 1.67. The van der Waals surface area contributed by atoms with Gasteiger partial charge >= 0.3 is 0 Å². The first-order chi connectivity index (χ1) is 11.2. The fourth-order valence-corrected chi connectivity index (χ4v) is 3.02. The molecule has 1 aromatic carbocycles. The van der Waals surface area contributed by atoms with Gasteiger partial charge in [0, 0.05) is 16.9 Å². The van der Waals surface area contributed by atoms with Crippen LogP contribution in [0.5, 0.6) is 0 Å². The lowest BCUT2D eigenvalue weighted by molar-refractivity contribution is 0.288. The summed E-state index contributed by atoms with van der Waals surface area (Å²) in [7, 11) is 0. The number of rotatable bonds is 6. The molecule has 0 saturated heterocycles. The van der Waals surface area contributed by atoms with Crippen molar-refractivity contribution in [3.8, 4) is 11.4 Å². The third-order valence-corrected chi connectivity index (χ3v) is 4.87. The lowest BCUT2D eigenvalue weighted by Crippen LogP contribution is -2.31. The maximum Gasteiger partial charge on any atom is 0.185 e. The van der Waals surface area contributed by atoms with Crippen molar-refractivity contribution in [3.05, 3.63) is 42.5 Å². The van der Waals surface area contributed by atoms with Gasteiger partial charge in [-0.25, -0.2) is 0 Å². The van der Waals surface area contributed by atoms with Gasteiger partial charge in [-0.05, 0) is 25.3 Å². The summed E-state index contributed by atoms with van der Waals surface area (Å²) in [6.07, 6.45) is 1.99. The lowest BCUT2D eigenvalue weighted by Gasteiger charge is -2.21. The molecule has 6 nitrogen and oxygen atoms in total. The van der Waals surface area contributed by atoms with Crippen LogP contribution in [0.3, 0.4) is 0 Å². The van der Waals surface area contributed by atoms with E-state index in [9.17, 15) is 5.11 Å². The molecule has 0 aliphatic heterocycles. The van der Waals surface area contributed by atoms with E-state index < -0.39 is 0 Å². The molecule has 3 rings (SSSR count). The predicted molar refractivity (Wildman–Crippen MR) is 93.7 cm³/mol.